The number of nitrogens with two attached hydrogens (primary N) is 1. The molecule has 0 spiro atoms. The largest absolute Gasteiger partial charge is 0.756 e. The van der Waals surface area contributed by atoms with Crippen LogP contribution in [0.25, 0.3) is 11.6 Å². The summed E-state index contributed by atoms with van der Waals surface area (Å²) in [5.41, 5.74) is 9.59. The van der Waals surface area contributed by atoms with Crippen LogP contribution in [0.3, 0.4) is 0 Å². The number of primary amides is 1. The van der Waals surface area contributed by atoms with Crippen molar-refractivity contribution >= 4 is 48.9 Å². The first-order valence-corrected chi connectivity index (χ1v) is 17.6. The summed E-state index contributed by atoms with van der Waals surface area (Å²) < 4.78 is 29.0. The van der Waals surface area contributed by atoms with Crippen molar-refractivity contribution in [2.45, 2.75) is 71.3 Å². The van der Waals surface area contributed by atoms with Crippen LogP contribution < -0.4 is 31.9 Å². The molecule has 1 aliphatic rings. The van der Waals surface area contributed by atoms with Crippen molar-refractivity contribution in [2.24, 2.45) is 11.7 Å². The van der Waals surface area contributed by atoms with Crippen molar-refractivity contribution in [3.63, 3.8) is 0 Å². The first kappa shape index (κ1) is 39.4. The van der Waals surface area contributed by atoms with Crippen LogP contribution in [0.5, 0.6) is 0 Å². The summed E-state index contributed by atoms with van der Waals surface area (Å²) in [5.74, 6) is -2.04. The number of rotatable bonds is 20. The highest BCUT2D eigenvalue weighted by molar-refractivity contribution is 7.44. The van der Waals surface area contributed by atoms with Gasteiger partial charge in [0.2, 0.25) is 11.8 Å². The number of benzene rings is 1. The number of carbonyl (C=O) groups is 4. The third-order valence-electron chi connectivity index (χ3n) is 8.23. The number of hydrogen-bond donors (Lipinski definition) is 8. The number of aryl methyl sites for hydroxylation is 1. The predicted octanol–water partition coefficient (Wildman–Crippen LogP) is 1.89. The number of aromatic nitrogens is 1. The summed E-state index contributed by atoms with van der Waals surface area (Å²) in [7, 11) is -4.89. The molecule has 0 bridgehead atoms. The van der Waals surface area contributed by atoms with Crippen molar-refractivity contribution in [1.82, 2.24) is 20.9 Å². The predicted molar refractivity (Wildman–Crippen MR) is 178 cm³/mol. The minimum Gasteiger partial charge on any atom is -0.756 e. The molecule has 0 saturated carbocycles. The van der Waals surface area contributed by atoms with E-state index in [0.29, 0.717) is 74.0 Å². The van der Waals surface area contributed by atoms with Crippen LogP contribution in [0, 0.1) is 25.6 Å². The average molecular weight is 708 g/mol. The van der Waals surface area contributed by atoms with Gasteiger partial charge in [-0.1, -0.05) is 6.42 Å². The molecule has 17 heteroatoms. The second-order valence-electron chi connectivity index (χ2n) is 12.0. The highest BCUT2D eigenvalue weighted by Crippen LogP contribution is 2.35. The number of urea groups is 1. The molecule has 49 heavy (non-hydrogen) atoms. The molecule has 1 aromatic carbocycles. The number of phosphoric acid groups is 1. The van der Waals surface area contributed by atoms with Gasteiger partial charge in [0.15, 0.2) is 0 Å². The molecule has 1 aromatic heterocycles. The van der Waals surface area contributed by atoms with E-state index in [1.54, 1.807) is 6.08 Å². The van der Waals surface area contributed by atoms with E-state index in [1.807, 2.05) is 13.8 Å². The van der Waals surface area contributed by atoms with Crippen LogP contribution in [0.1, 0.15) is 73.0 Å². The fourth-order valence-corrected chi connectivity index (χ4v) is 5.96. The molecule has 3 rings (SSSR count). The maximum atomic E-state index is 13.9. The topological polar surface area (TPSA) is 248 Å². The second-order valence-corrected chi connectivity index (χ2v) is 13.2. The van der Waals surface area contributed by atoms with Gasteiger partial charge in [-0.15, -0.1) is 0 Å². The van der Waals surface area contributed by atoms with Crippen LogP contribution in [-0.4, -0.2) is 71.1 Å². The number of carbonyl (C=O) groups excluding carboxylic acids is 4. The Morgan fingerprint density at radius 3 is 2.49 bits per heavy atom. The van der Waals surface area contributed by atoms with Gasteiger partial charge >= 0.3 is 6.03 Å². The number of unbranched alkanes of at least 4 members (excludes halogenated alkanes) is 2. The zero-order valence-corrected chi connectivity index (χ0v) is 28.5. The summed E-state index contributed by atoms with van der Waals surface area (Å²) in [4.78, 5) is 72.5. The molecular weight excluding hydrogens is 662 g/mol. The summed E-state index contributed by atoms with van der Waals surface area (Å²) in [5, 5.41) is 20.2. The lowest BCUT2D eigenvalue weighted by Gasteiger charge is -2.20. The highest BCUT2D eigenvalue weighted by Gasteiger charge is 2.26. The molecule has 2 heterocycles. The second kappa shape index (κ2) is 18.6. The van der Waals surface area contributed by atoms with Gasteiger partial charge in [-0.05, 0) is 87.8 Å². The van der Waals surface area contributed by atoms with Gasteiger partial charge in [0, 0.05) is 54.7 Å². The Hall–Kier alpha value is -4.08. The van der Waals surface area contributed by atoms with Gasteiger partial charge in [0.05, 0.1) is 12.2 Å². The van der Waals surface area contributed by atoms with Gasteiger partial charge in [0.25, 0.3) is 13.7 Å². The molecule has 2 aromatic rings. The average Bonchev–Trinajstić information content (AvgIpc) is 3.48. The van der Waals surface area contributed by atoms with E-state index in [4.69, 9.17) is 10.6 Å². The quantitative estimate of drug-likeness (QED) is 0.0568. The van der Waals surface area contributed by atoms with Crippen LogP contribution in [0.4, 0.5) is 14.9 Å². The van der Waals surface area contributed by atoms with Crippen molar-refractivity contribution in [1.29, 1.82) is 0 Å². The van der Waals surface area contributed by atoms with Gasteiger partial charge in [-0.2, -0.15) is 0 Å². The van der Waals surface area contributed by atoms with Crippen LogP contribution >= 0.6 is 7.82 Å². The van der Waals surface area contributed by atoms with E-state index in [0.717, 1.165) is 16.8 Å². The molecule has 9 N–H and O–H groups in total. The molecule has 5 amide bonds. The Morgan fingerprint density at radius 2 is 1.82 bits per heavy atom. The third kappa shape index (κ3) is 12.7. The van der Waals surface area contributed by atoms with E-state index in [1.165, 1.54) is 18.2 Å². The Bertz CT molecular complexity index is 1570. The Balaban J connectivity index is 1.57. The lowest BCUT2D eigenvalue weighted by Crippen LogP contribution is -2.47. The lowest BCUT2D eigenvalue weighted by atomic mass is 10.0. The molecule has 1 aliphatic heterocycles. The molecule has 15 nitrogen and oxygen atoms in total. The van der Waals surface area contributed by atoms with E-state index in [9.17, 15) is 38.1 Å². The first-order chi connectivity index (χ1) is 23.2. The Kier molecular flexibility index (Phi) is 15.0. The molecule has 3 atom stereocenters. The Morgan fingerprint density at radius 1 is 1.12 bits per heavy atom. The zero-order valence-electron chi connectivity index (χ0n) is 27.6. The van der Waals surface area contributed by atoms with Gasteiger partial charge in [-0.3, -0.25) is 18.9 Å². The van der Waals surface area contributed by atoms with Gasteiger partial charge in [0.1, 0.15) is 11.9 Å². The summed E-state index contributed by atoms with van der Waals surface area (Å²) in [6.45, 7) is 3.61. The number of fused-ring (bicyclic) bond motifs is 1. The molecule has 0 saturated heterocycles. The zero-order chi connectivity index (χ0) is 36.1. The van der Waals surface area contributed by atoms with Crippen LogP contribution in [0.2, 0.25) is 0 Å². The van der Waals surface area contributed by atoms with Gasteiger partial charge < -0.3 is 51.4 Å². The molecule has 0 fully saturated rings. The molecule has 2 unspecified atom stereocenters. The minimum absolute atomic E-state index is 0.0752. The molecular formula is C32H45FN6O9P-. The number of aromatic amines is 1. The fraction of sp³-hybridized carbons (Fsp3) is 0.500. The smallest absolute Gasteiger partial charge is 0.312 e. The van der Waals surface area contributed by atoms with Crippen molar-refractivity contribution in [2.75, 3.05) is 31.6 Å². The number of aliphatic hydroxyl groups excluding tert-OH is 1. The maximum absolute atomic E-state index is 13.9. The monoisotopic (exact) mass is 707 g/mol. The summed E-state index contributed by atoms with van der Waals surface area (Å²) >= 11 is 0. The van der Waals surface area contributed by atoms with Crippen molar-refractivity contribution < 1.29 is 47.6 Å². The van der Waals surface area contributed by atoms with E-state index in [2.05, 4.69) is 30.8 Å². The van der Waals surface area contributed by atoms with Crippen molar-refractivity contribution in [3.05, 3.63) is 52.1 Å². The molecule has 0 aliphatic carbocycles. The van der Waals surface area contributed by atoms with Crippen molar-refractivity contribution in [3.8, 4) is 0 Å². The maximum Gasteiger partial charge on any atom is 0.312 e. The highest BCUT2D eigenvalue weighted by atomic mass is 31.2. The number of anilines is 1. The van der Waals surface area contributed by atoms with E-state index in [-0.39, 0.29) is 43.9 Å². The molecule has 0 radical (unpaired) electrons. The first-order valence-electron chi connectivity index (χ1n) is 16.1. The van der Waals surface area contributed by atoms with Crippen LogP contribution in [0.15, 0.2) is 18.2 Å². The van der Waals surface area contributed by atoms with Crippen LogP contribution in [-0.2, 0) is 29.9 Å². The molecule has 270 valence electrons. The number of phosphoric ester groups is 1. The fourth-order valence-electron chi connectivity index (χ4n) is 5.56. The number of hydrogen-bond acceptors (Lipinski definition) is 8. The number of amides is 5. The van der Waals surface area contributed by atoms with Gasteiger partial charge in [-0.25, -0.2) is 9.18 Å². The summed E-state index contributed by atoms with van der Waals surface area (Å²) in [6.07, 6.45) is 4.88. The number of nitrogens with one attached hydrogen (secondary N) is 5. The van der Waals surface area contributed by atoms with E-state index >= 15 is 0 Å². The number of aliphatic hydroxyl groups is 1. The number of H-pyrrole nitrogens is 1. The lowest BCUT2D eigenvalue weighted by molar-refractivity contribution is -0.221. The third-order valence-corrected chi connectivity index (χ3v) is 8.70. The minimum atomic E-state index is -4.89. The number of halogens is 1. The summed E-state index contributed by atoms with van der Waals surface area (Å²) in [6, 6.07) is 2.59. The standard InChI is InChI=1S/C32H46FN6O9P/c1-19-23(20(2)37-28(19)16-25-24-15-22(33)9-11-26(24)39-30(25)42)10-12-29(41)38-27(8-4-6-14-36-32(34)44)31(43)35-13-5-3-7-21(17-40)18-48-49(45,46)47/h9,11,15-16,21,27,37,40H,3-8,10,12-14,17-18H2,1-2H3,(H,35,43)(H,38,41)(H,39,42)(H3,34,36,44)(H2,45,46,47)/p-1/b25-16-/t21?,27-/m0/s1. The van der Waals surface area contributed by atoms with E-state index < -0.39 is 31.6 Å². The normalized spacial score (nSPS) is 15.6. The Labute approximate surface area is 283 Å². The SMILES string of the molecule is Cc1[nH]c(/C=C2\C(=O)Nc3ccc(F)cc32)c(C)c1CCC(=O)N[C@@H](CCCCNC(N)=O)C(=O)NCCCCC(CO)COP(=O)([O-])O.